The smallest absolute Gasteiger partial charge is 0.319 e. The number of hydrogen-bond acceptors (Lipinski definition) is 4. The minimum absolute atomic E-state index is 0. The highest BCUT2D eigenvalue weighted by molar-refractivity contribution is 6.43. The van der Waals surface area contributed by atoms with Crippen LogP contribution in [0.2, 0.25) is 10.0 Å². The maximum absolute atomic E-state index is 12.3. The van der Waals surface area contributed by atoms with Crippen LogP contribution in [0.5, 0.6) is 0 Å². The molecule has 0 unspecified atom stereocenters. The normalized spacial score (nSPS) is 17.5. The van der Waals surface area contributed by atoms with Gasteiger partial charge in [-0.1, -0.05) is 47.5 Å². The highest BCUT2D eigenvalue weighted by Gasteiger charge is 2.22. The fraction of sp³-hybridized carbons (Fsp3) is 0.360. The molecule has 2 amide bonds. The topological polar surface area (TPSA) is 69.3 Å². The molecule has 182 valence electrons. The van der Waals surface area contributed by atoms with Gasteiger partial charge >= 0.3 is 6.03 Å². The van der Waals surface area contributed by atoms with Crippen LogP contribution in [-0.2, 0) is 0 Å². The molecule has 34 heavy (non-hydrogen) atoms. The van der Waals surface area contributed by atoms with Crippen LogP contribution in [0.15, 0.2) is 48.5 Å². The van der Waals surface area contributed by atoms with Crippen LogP contribution < -0.4 is 20.9 Å². The molecule has 3 aromatic rings. The van der Waals surface area contributed by atoms with Gasteiger partial charge < -0.3 is 20.9 Å². The standard InChI is InChI=1S/C25H29Cl2N5O.ClH/c1-32(2)22-14-23(30-20-8-4-3-6-18(20)22)29-17-12-10-16(11-13-17)15-28-25(33)31-21-9-5-7-19(26)24(21)27;/h3-9,14,16-17H,10-13,15H2,1-2H3,(H,29,30)(H2,28,31,33);1H. The number of hydrogen-bond donors (Lipinski definition) is 3. The van der Waals surface area contributed by atoms with E-state index in [0.29, 0.717) is 34.2 Å². The molecule has 2 aromatic carbocycles. The number of rotatable bonds is 6. The first kappa shape index (κ1) is 26.2. The van der Waals surface area contributed by atoms with Crippen molar-refractivity contribution in [2.45, 2.75) is 31.7 Å². The Bertz CT molecular complexity index is 1130. The molecule has 1 aromatic heterocycles. The second-order valence-corrected chi connectivity index (χ2v) is 9.52. The third-order valence-corrected chi connectivity index (χ3v) is 6.94. The predicted octanol–water partition coefficient (Wildman–Crippen LogP) is 6.82. The lowest BCUT2D eigenvalue weighted by Crippen LogP contribution is -2.36. The lowest BCUT2D eigenvalue weighted by molar-refractivity contribution is 0.246. The predicted molar refractivity (Wildman–Crippen MR) is 146 cm³/mol. The van der Waals surface area contributed by atoms with Gasteiger partial charge in [-0.15, -0.1) is 12.4 Å². The molecule has 0 saturated heterocycles. The first-order chi connectivity index (χ1) is 15.9. The number of nitrogens with zero attached hydrogens (tertiary/aromatic N) is 2. The third-order valence-electron chi connectivity index (χ3n) is 6.13. The summed E-state index contributed by atoms with van der Waals surface area (Å²) >= 11 is 12.1. The monoisotopic (exact) mass is 521 g/mol. The number of amides is 2. The van der Waals surface area contributed by atoms with E-state index in [0.717, 1.165) is 48.1 Å². The van der Waals surface area contributed by atoms with E-state index in [4.69, 9.17) is 28.2 Å². The molecular weight excluding hydrogens is 493 g/mol. The molecule has 1 aliphatic rings. The number of anilines is 3. The molecular formula is C25H30Cl3N5O. The number of carbonyl (C=O) groups excluding carboxylic acids is 1. The van der Waals surface area contributed by atoms with Gasteiger partial charge in [-0.3, -0.25) is 0 Å². The van der Waals surface area contributed by atoms with Crippen molar-refractivity contribution < 1.29 is 4.79 Å². The number of aromatic nitrogens is 1. The van der Waals surface area contributed by atoms with Crippen molar-refractivity contribution in [2.75, 3.05) is 36.2 Å². The molecule has 0 atom stereocenters. The number of carbonyl (C=O) groups is 1. The second-order valence-electron chi connectivity index (χ2n) is 8.74. The number of fused-ring (bicyclic) bond motifs is 1. The molecule has 0 radical (unpaired) electrons. The van der Waals surface area contributed by atoms with Crippen molar-refractivity contribution in [3.8, 4) is 0 Å². The minimum Gasteiger partial charge on any atom is -0.377 e. The van der Waals surface area contributed by atoms with Gasteiger partial charge in [0.05, 0.1) is 21.2 Å². The number of halogens is 3. The van der Waals surface area contributed by atoms with Crippen LogP contribution >= 0.6 is 35.6 Å². The molecule has 4 rings (SSSR count). The number of urea groups is 1. The Kier molecular flexibility index (Phi) is 9.11. The highest BCUT2D eigenvalue weighted by Crippen LogP contribution is 2.31. The zero-order chi connectivity index (χ0) is 23.4. The lowest BCUT2D eigenvalue weighted by Gasteiger charge is -2.30. The van der Waals surface area contributed by atoms with Crippen LogP contribution in [0.3, 0.4) is 0 Å². The van der Waals surface area contributed by atoms with E-state index in [1.807, 2.05) is 12.1 Å². The van der Waals surface area contributed by atoms with Crippen LogP contribution in [0, 0.1) is 5.92 Å². The Labute approximate surface area is 216 Å². The van der Waals surface area contributed by atoms with Gasteiger partial charge in [0, 0.05) is 43.8 Å². The lowest BCUT2D eigenvalue weighted by atomic mass is 9.86. The minimum atomic E-state index is -0.268. The molecule has 0 aliphatic heterocycles. The van der Waals surface area contributed by atoms with Crippen molar-refractivity contribution in [2.24, 2.45) is 5.92 Å². The maximum Gasteiger partial charge on any atom is 0.319 e. The van der Waals surface area contributed by atoms with Crippen molar-refractivity contribution in [1.82, 2.24) is 10.3 Å². The van der Waals surface area contributed by atoms with E-state index in [1.165, 1.54) is 0 Å². The summed E-state index contributed by atoms with van der Waals surface area (Å²) in [5, 5.41) is 11.3. The molecule has 1 saturated carbocycles. The van der Waals surface area contributed by atoms with E-state index in [9.17, 15) is 4.79 Å². The molecule has 1 aliphatic carbocycles. The molecule has 6 nitrogen and oxygen atoms in total. The van der Waals surface area contributed by atoms with Gasteiger partial charge in [0.25, 0.3) is 0 Å². The number of benzene rings is 2. The van der Waals surface area contributed by atoms with Gasteiger partial charge in [-0.05, 0) is 49.8 Å². The summed E-state index contributed by atoms with van der Waals surface area (Å²) in [5.41, 5.74) is 2.66. The first-order valence-electron chi connectivity index (χ1n) is 11.2. The average molecular weight is 523 g/mol. The van der Waals surface area contributed by atoms with E-state index in [-0.39, 0.29) is 18.4 Å². The number of nitrogens with one attached hydrogen (secondary N) is 3. The Morgan fingerprint density at radius 3 is 2.53 bits per heavy atom. The molecule has 3 N–H and O–H groups in total. The zero-order valence-electron chi connectivity index (χ0n) is 19.3. The second kappa shape index (κ2) is 11.8. The summed E-state index contributed by atoms with van der Waals surface area (Å²) in [4.78, 5) is 19.2. The summed E-state index contributed by atoms with van der Waals surface area (Å²) in [6.07, 6.45) is 4.17. The third kappa shape index (κ3) is 6.38. The Hall–Kier alpha value is -2.41. The summed E-state index contributed by atoms with van der Waals surface area (Å²) in [6.45, 7) is 0.635. The van der Waals surface area contributed by atoms with Crippen LogP contribution in [0.25, 0.3) is 10.9 Å². The van der Waals surface area contributed by atoms with Crippen molar-refractivity contribution in [3.63, 3.8) is 0 Å². The van der Waals surface area contributed by atoms with Gasteiger partial charge in [0.2, 0.25) is 0 Å². The van der Waals surface area contributed by atoms with Gasteiger partial charge in [-0.2, -0.15) is 0 Å². The number of para-hydroxylation sites is 1. The first-order valence-corrected chi connectivity index (χ1v) is 12.0. The summed E-state index contributed by atoms with van der Waals surface area (Å²) in [5.74, 6) is 1.36. The number of pyridine rings is 1. The van der Waals surface area contributed by atoms with Crippen molar-refractivity contribution in [1.29, 1.82) is 0 Å². The molecule has 1 heterocycles. The van der Waals surface area contributed by atoms with E-state index in [2.05, 4.69) is 53.1 Å². The largest absolute Gasteiger partial charge is 0.377 e. The Balaban J connectivity index is 0.00000324. The van der Waals surface area contributed by atoms with E-state index < -0.39 is 0 Å². The summed E-state index contributed by atoms with van der Waals surface area (Å²) in [7, 11) is 4.11. The summed E-state index contributed by atoms with van der Waals surface area (Å²) in [6, 6.07) is 15.6. The van der Waals surface area contributed by atoms with Crippen molar-refractivity contribution >= 4 is 69.7 Å². The Morgan fingerprint density at radius 1 is 1.06 bits per heavy atom. The molecule has 0 bridgehead atoms. The highest BCUT2D eigenvalue weighted by atomic mass is 35.5. The quantitative estimate of drug-likeness (QED) is 0.332. The summed E-state index contributed by atoms with van der Waals surface area (Å²) < 4.78 is 0. The molecule has 1 fully saturated rings. The average Bonchev–Trinajstić information content (AvgIpc) is 2.81. The SMILES string of the molecule is CN(C)c1cc(NC2CCC(CNC(=O)Nc3cccc(Cl)c3Cl)CC2)nc2ccccc12.Cl. The van der Waals surface area contributed by atoms with Crippen LogP contribution in [0.4, 0.5) is 22.0 Å². The maximum atomic E-state index is 12.3. The van der Waals surface area contributed by atoms with Crippen LogP contribution in [0.1, 0.15) is 25.7 Å². The Morgan fingerprint density at radius 2 is 1.79 bits per heavy atom. The van der Waals surface area contributed by atoms with Crippen LogP contribution in [-0.4, -0.2) is 37.7 Å². The molecule has 9 heteroatoms. The fourth-order valence-corrected chi connectivity index (χ4v) is 4.67. The van der Waals surface area contributed by atoms with Gasteiger partial charge in [0.1, 0.15) is 5.82 Å². The fourth-order valence-electron chi connectivity index (χ4n) is 4.32. The van der Waals surface area contributed by atoms with E-state index >= 15 is 0 Å². The van der Waals surface area contributed by atoms with E-state index in [1.54, 1.807) is 18.2 Å². The van der Waals surface area contributed by atoms with Gasteiger partial charge in [-0.25, -0.2) is 9.78 Å². The van der Waals surface area contributed by atoms with Crippen molar-refractivity contribution in [3.05, 3.63) is 58.6 Å². The van der Waals surface area contributed by atoms with Gasteiger partial charge in [0.15, 0.2) is 0 Å². The zero-order valence-corrected chi connectivity index (χ0v) is 21.6. The molecule has 0 spiro atoms.